The van der Waals surface area contributed by atoms with Crippen LogP contribution in [0.25, 0.3) is 23.2 Å². The highest BCUT2D eigenvalue weighted by molar-refractivity contribution is 5.96. The lowest BCUT2D eigenvalue weighted by molar-refractivity contribution is -0.119. The van der Waals surface area contributed by atoms with Crippen molar-refractivity contribution in [3.8, 4) is 5.88 Å². The predicted molar refractivity (Wildman–Crippen MR) is 106 cm³/mol. The van der Waals surface area contributed by atoms with Gasteiger partial charge in [-0.15, -0.1) is 0 Å². The first kappa shape index (κ1) is 17.2. The van der Waals surface area contributed by atoms with Crippen LogP contribution in [0.1, 0.15) is 31.4 Å². The molecule has 27 heavy (non-hydrogen) atoms. The van der Waals surface area contributed by atoms with Gasteiger partial charge in [-0.25, -0.2) is 0 Å². The van der Waals surface area contributed by atoms with Gasteiger partial charge in [0.15, 0.2) is 5.88 Å². The molecule has 2 heterocycles. The van der Waals surface area contributed by atoms with Crippen LogP contribution in [0.3, 0.4) is 0 Å². The monoisotopic (exact) mass is 359 g/mol. The molecule has 0 spiro atoms. The van der Waals surface area contributed by atoms with E-state index in [-0.39, 0.29) is 11.7 Å². The minimum atomic E-state index is 0.0995. The quantitative estimate of drug-likeness (QED) is 0.729. The zero-order chi connectivity index (χ0) is 19.0. The maximum atomic E-state index is 12.3. The Kier molecular flexibility index (Phi) is 4.36. The van der Waals surface area contributed by atoms with Gasteiger partial charge in [0.2, 0.25) is 0 Å². The number of rotatable bonds is 5. The Morgan fingerprint density at radius 3 is 2.93 bits per heavy atom. The Morgan fingerprint density at radius 1 is 1.26 bits per heavy atom. The number of fused-ring (bicyclic) bond motifs is 2. The highest BCUT2D eigenvalue weighted by Gasteiger charge is 2.14. The fourth-order valence-electron chi connectivity index (χ4n) is 3.49. The number of hydrogen-bond acceptors (Lipinski definition) is 4. The van der Waals surface area contributed by atoms with Crippen molar-refractivity contribution >= 4 is 34.6 Å². The summed E-state index contributed by atoms with van der Waals surface area (Å²) < 4.78 is 0. The van der Waals surface area contributed by atoms with Crippen LogP contribution >= 0.6 is 0 Å². The summed E-state index contributed by atoms with van der Waals surface area (Å²) in [6, 6.07) is 11.7. The van der Waals surface area contributed by atoms with E-state index in [0.29, 0.717) is 24.3 Å². The number of H-pyrrole nitrogens is 1. The molecular weight excluding hydrogens is 338 g/mol. The van der Waals surface area contributed by atoms with Crippen molar-refractivity contribution in [3.63, 3.8) is 0 Å². The normalized spacial score (nSPS) is 13.4. The summed E-state index contributed by atoms with van der Waals surface area (Å²) in [6.45, 7) is 4.08. The molecule has 5 heteroatoms. The second-order valence-corrected chi connectivity index (χ2v) is 7.35. The molecule has 136 valence electrons. The lowest BCUT2D eigenvalue weighted by Gasteiger charge is -2.05. The van der Waals surface area contributed by atoms with Gasteiger partial charge in [-0.3, -0.25) is 4.79 Å². The van der Waals surface area contributed by atoms with E-state index in [4.69, 9.17) is 0 Å². The number of nitrogens with one attached hydrogen (secondary N) is 1. The summed E-state index contributed by atoms with van der Waals surface area (Å²) in [5.41, 5.74) is 3.25. The first-order valence-corrected chi connectivity index (χ1v) is 9.08. The Bertz CT molecular complexity index is 1190. The molecule has 3 aromatic rings. The summed E-state index contributed by atoms with van der Waals surface area (Å²) in [6.07, 6.45) is 4.57. The third kappa shape index (κ3) is 3.40. The molecule has 0 aliphatic carbocycles. The summed E-state index contributed by atoms with van der Waals surface area (Å²) in [7, 11) is 0. The Balaban J connectivity index is 1.77. The van der Waals surface area contributed by atoms with Crippen LogP contribution in [-0.2, 0) is 11.2 Å². The summed E-state index contributed by atoms with van der Waals surface area (Å²) >= 11 is 0. The van der Waals surface area contributed by atoms with Gasteiger partial charge in [-0.1, -0.05) is 44.2 Å². The Hall–Kier alpha value is -3.21. The number of azo groups is 1. The van der Waals surface area contributed by atoms with Gasteiger partial charge in [0.05, 0.1) is 17.4 Å². The molecule has 2 N–H and O–H groups in total. The number of nitrogens with zero attached hydrogens (tertiary/aromatic N) is 2. The number of aromatic nitrogens is 1. The zero-order valence-corrected chi connectivity index (χ0v) is 15.4. The van der Waals surface area contributed by atoms with Crippen LogP contribution in [0.15, 0.2) is 46.6 Å². The molecular formula is C22H21N3O2. The zero-order valence-electron chi connectivity index (χ0n) is 15.4. The molecule has 0 radical (unpaired) electrons. The van der Waals surface area contributed by atoms with Crippen LogP contribution < -0.4 is 10.4 Å². The highest BCUT2D eigenvalue weighted by Crippen LogP contribution is 2.30. The van der Waals surface area contributed by atoms with Gasteiger partial charge in [0.25, 0.3) is 0 Å². The number of ketones is 1. The van der Waals surface area contributed by atoms with Gasteiger partial charge in [-0.05, 0) is 28.8 Å². The Labute approximate surface area is 156 Å². The predicted octanol–water partition coefficient (Wildman–Crippen LogP) is 3.70. The highest BCUT2D eigenvalue weighted by atomic mass is 16.3. The standard InChI is InChI=1S/C22H21N3O2/c1-13(2)8-17(26)11-15-4-3-5-18-19(22(27)24-21(15)18)9-14-6-7-16-12-23-25-20(16)10-14/h3-7,9-10,12-13,24,27H,8,11H2,1-2H3/b14-9+. The molecule has 4 rings (SSSR count). The number of hydrogen-bond donors (Lipinski definition) is 2. The van der Waals surface area contributed by atoms with Crippen molar-refractivity contribution in [2.75, 3.05) is 0 Å². The number of Topliss-reactive ketones (excluding diaryl/α,β-unsaturated/α-hetero) is 1. The van der Waals surface area contributed by atoms with Crippen molar-refractivity contribution in [1.29, 1.82) is 0 Å². The van der Waals surface area contributed by atoms with Crippen molar-refractivity contribution in [2.45, 2.75) is 26.7 Å². The SMILES string of the molecule is CC(C)CC(=O)Cc1cccc2c(/C=c3\ccc4c(c3)N=NC=4)c(O)[nH]c12. The lowest BCUT2D eigenvalue weighted by Crippen LogP contribution is -2.07. The maximum absolute atomic E-state index is 12.3. The van der Waals surface area contributed by atoms with Gasteiger partial charge in [0, 0.05) is 29.0 Å². The van der Waals surface area contributed by atoms with Crippen LogP contribution in [0.4, 0.5) is 5.69 Å². The third-order valence-electron chi connectivity index (χ3n) is 4.69. The molecule has 5 nitrogen and oxygen atoms in total. The van der Waals surface area contributed by atoms with Crippen molar-refractivity contribution in [1.82, 2.24) is 4.98 Å². The van der Waals surface area contributed by atoms with Crippen molar-refractivity contribution in [2.24, 2.45) is 16.1 Å². The maximum Gasteiger partial charge on any atom is 0.196 e. The molecule has 1 aliphatic rings. The van der Waals surface area contributed by atoms with E-state index in [0.717, 1.165) is 32.6 Å². The van der Waals surface area contributed by atoms with Crippen LogP contribution in [0.5, 0.6) is 5.88 Å². The first-order valence-electron chi connectivity index (χ1n) is 9.08. The Morgan fingerprint density at radius 2 is 2.11 bits per heavy atom. The van der Waals surface area contributed by atoms with E-state index in [1.165, 1.54) is 0 Å². The van der Waals surface area contributed by atoms with Crippen LogP contribution in [0.2, 0.25) is 0 Å². The number of carbonyl (C=O) groups excluding carboxylic acids is 1. The van der Waals surface area contributed by atoms with Crippen LogP contribution in [-0.4, -0.2) is 15.9 Å². The molecule has 0 saturated heterocycles. The molecule has 0 amide bonds. The average molecular weight is 359 g/mol. The van der Waals surface area contributed by atoms with Crippen LogP contribution in [0, 0.1) is 5.92 Å². The van der Waals surface area contributed by atoms with Crippen molar-refractivity contribution < 1.29 is 9.90 Å². The van der Waals surface area contributed by atoms with E-state index in [9.17, 15) is 9.90 Å². The number of para-hydroxylation sites is 1. The summed E-state index contributed by atoms with van der Waals surface area (Å²) in [4.78, 5) is 15.3. The van der Waals surface area contributed by atoms with E-state index in [2.05, 4.69) is 15.2 Å². The molecule has 0 fully saturated rings. The number of aromatic amines is 1. The summed E-state index contributed by atoms with van der Waals surface area (Å²) in [5, 5.41) is 21.3. The molecule has 0 bridgehead atoms. The largest absolute Gasteiger partial charge is 0.494 e. The molecule has 0 unspecified atom stereocenters. The molecule has 1 aliphatic heterocycles. The number of benzene rings is 2. The smallest absolute Gasteiger partial charge is 0.196 e. The van der Waals surface area contributed by atoms with Gasteiger partial charge < -0.3 is 10.1 Å². The number of carbonyl (C=O) groups is 1. The van der Waals surface area contributed by atoms with Gasteiger partial charge in [-0.2, -0.15) is 10.2 Å². The molecule has 0 atom stereocenters. The van der Waals surface area contributed by atoms with E-state index in [1.54, 1.807) is 6.20 Å². The molecule has 2 aromatic carbocycles. The lowest BCUT2D eigenvalue weighted by atomic mass is 9.99. The fourth-order valence-corrected chi connectivity index (χ4v) is 3.49. The molecule has 1 aromatic heterocycles. The van der Waals surface area contributed by atoms with E-state index in [1.807, 2.05) is 56.3 Å². The van der Waals surface area contributed by atoms with Crippen molar-refractivity contribution in [3.05, 3.63) is 58.0 Å². The minimum Gasteiger partial charge on any atom is -0.494 e. The molecule has 0 saturated carbocycles. The fraction of sp³-hybridized carbons (Fsp3) is 0.227. The van der Waals surface area contributed by atoms with E-state index < -0.39 is 0 Å². The van der Waals surface area contributed by atoms with Gasteiger partial charge in [0.1, 0.15) is 5.78 Å². The topological polar surface area (TPSA) is 77.8 Å². The minimum absolute atomic E-state index is 0.0995. The average Bonchev–Trinajstić information content (AvgIpc) is 3.19. The third-order valence-corrected chi connectivity index (χ3v) is 4.69. The second kappa shape index (κ2) is 6.83. The number of aromatic hydroxyl groups is 1. The second-order valence-electron chi connectivity index (χ2n) is 7.35. The first-order chi connectivity index (χ1) is 13.0. The summed E-state index contributed by atoms with van der Waals surface area (Å²) in [5.74, 6) is 0.645. The van der Waals surface area contributed by atoms with Gasteiger partial charge >= 0.3 is 0 Å². The van der Waals surface area contributed by atoms with E-state index >= 15 is 0 Å².